The van der Waals surface area contributed by atoms with Crippen LogP contribution in [0.3, 0.4) is 0 Å². The fourth-order valence-electron chi connectivity index (χ4n) is 5.60. The second kappa shape index (κ2) is 4.47. The molecule has 4 saturated carbocycles. The van der Waals surface area contributed by atoms with Crippen LogP contribution in [0.2, 0.25) is 0 Å². The summed E-state index contributed by atoms with van der Waals surface area (Å²) < 4.78 is 0. The molecule has 0 saturated heterocycles. The van der Waals surface area contributed by atoms with Gasteiger partial charge in [0.2, 0.25) is 5.91 Å². The van der Waals surface area contributed by atoms with Gasteiger partial charge in [0.25, 0.3) is 0 Å². The zero-order valence-corrected chi connectivity index (χ0v) is 12.6. The summed E-state index contributed by atoms with van der Waals surface area (Å²) in [5.74, 6) is 3.86. The maximum atomic E-state index is 12.6. The smallest absolute Gasteiger partial charge is 0.242 e. The lowest BCUT2D eigenvalue weighted by atomic mass is 9.48. The van der Waals surface area contributed by atoms with Gasteiger partial charge in [0, 0.05) is 13.6 Å². The first-order valence-corrected chi connectivity index (χ1v) is 7.97. The van der Waals surface area contributed by atoms with Crippen LogP contribution >= 0.6 is 0 Å². The molecule has 4 fully saturated rings. The molecule has 0 radical (unpaired) electrons. The van der Waals surface area contributed by atoms with Crippen molar-refractivity contribution in [2.24, 2.45) is 35.3 Å². The zero-order valence-electron chi connectivity index (χ0n) is 12.6. The van der Waals surface area contributed by atoms with Gasteiger partial charge in [-0.05, 0) is 75.5 Å². The Morgan fingerprint density at radius 3 is 2.05 bits per heavy atom. The van der Waals surface area contributed by atoms with E-state index >= 15 is 0 Å². The highest BCUT2D eigenvalue weighted by Gasteiger charge is 2.55. The lowest BCUT2D eigenvalue weighted by Crippen LogP contribution is -2.64. The summed E-state index contributed by atoms with van der Waals surface area (Å²) in [6.45, 7) is 4.76. The molecule has 108 valence electrons. The highest BCUT2D eigenvalue weighted by atomic mass is 16.2. The predicted octanol–water partition coefficient (Wildman–Crippen LogP) is 2.25. The van der Waals surface area contributed by atoms with Gasteiger partial charge in [-0.15, -0.1) is 0 Å². The number of carbonyl (C=O) groups excluding carboxylic acids is 1. The van der Waals surface area contributed by atoms with Gasteiger partial charge >= 0.3 is 0 Å². The van der Waals surface area contributed by atoms with Crippen LogP contribution in [0.15, 0.2) is 0 Å². The summed E-state index contributed by atoms with van der Waals surface area (Å²) in [7, 11) is 1.88. The summed E-state index contributed by atoms with van der Waals surface area (Å²) in [5.41, 5.74) is 5.91. The topological polar surface area (TPSA) is 46.3 Å². The summed E-state index contributed by atoms with van der Waals surface area (Å²) in [5, 5.41) is 0. The molecule has 3 nitrogen and oxygen atoms in total. The second-order valence-electron chi connectivity index (χ2n) is 7.56. The Bertz CT molecular complexity index is 349. The van der Waals surface area contributed by atoms with E-state index in [0.29, 0.717) is 17.8 Å². The molecular weight excluding hydrogens is 236 g/mol. The van der Waals surface area contributed by atoms with E-state index in [-0.39, 0.29) is 5.91 Å². The van der Waals surface area contributed by atoms with Crippen molar-refractivity contribution in [3.63, 3.8) is 0 Å². The zero-order chi connectivity index (χ0) is 13.8. The molecule has 0 aliphatic heterocycles. The van der Waals surface area contributed by atoms with Crippen LogP contribution < -0.4 is 5.73 Å². The quantitative estimate of drug-likeness (QED) is 0.850. The van der Waals surface area contributed by atoms with E-state index in [1.54, 1.807) is 4.90 Å². The van der Waals surface area contributed by atoms with Gasteiger partial charge in [-0.25, -0.2) is 0 Å². The molecule has 19 heavy (non-hydrogen) atoms. The molecular formula is C16H28N2O. The van der Waals surface area contributed by atoms with Gasteiger partial charge in [-0.3, -0.25) is 4.79 Å². The van der Waals surface area contributed by atoms with E-state index in [9.17, 15) is 4.79 Å². The highest BCUT2D eigenvalue weighted by molar-refractivity contribution is 5.86. The van der Waals surface area contributed by atoms with E-state index in [1.165, 1.54) is 32.1 Å². The number of amides is 1. The third-order valence-electron chi connectivity index (χ3n) is 6.20. The van der Waals surface area contributed by atoms with Crippen LogP contribution in [-0.2, 0) is 4.79 Å². The molecule has 0 aromatic carbocycles. The number of hydrogen-bond donors (Lipinski definition) is 1. The number of likely N-dealkylation sites (N-methyl/N-ethyl adjacent to an activating group) is 1. The van der Waals surface area contributed by atoms with Gasteiger partial charge in [0.15, 0.2) is 0 Å². The maximum Gasteiger partial charge on any atom is 0.242 e. The number of rotatable bonds is 3. The van der Waals surface area contributed by atoms with Crippen LogP contribution in [-0.4, -0.2) is 29.9 Å². The minimum Gasteiger partial charge on any atom is -0.344 e. The van der Waals surface area contributed by atoms with E-state index < -0.39 is 5.54 Å². The largest absolute Gasteiger partial charge is 0.344 e. The van der Waals surface area contributed by atoms with Crippen LogP contribution in [0.5, 0.6) is 0 Å². The maximum absolute atomic E-state index is 12.6. The number of nitrogens with two attached hydrogens (primary N) is 1. The van der Waals surface area contributed by atoms with E-state index in [0.717, 1.165) is 18.4 Å². The summed E-state index contributed by atoms with van der Waals surface area (Å²) in [6, 6.07) is 0. The molecule has 4 aliphatic rings. The fraction of sp³-hybridized carbons (Fsp3) is 0.938. The number of nitrogens with zero attached hydrogens (tertiary/aromatic N) is 1. The van der Waals surface area contributed by atoms with Crippen molar-refractivity contribution in [2.75, 3.05) is 13.6 Å². The van der Waals surface area contributed by atoms with Gasteiger partial charge in [0.1, 0.15) is 0 Å². The van der Waals surface area contributed by atoms with Gasteiger partial charge < -0.3 is 10.6 Å². The van der Waals surface area contributed by atoms with Gasteiger partial charge in [-0.2, -0.15) is 0 Å². The normalized spacial score (nSPS) is 43.1. The van der Waals surface area contributed by atoms with E-state index in [2.05, 4.69) is 0 Å². The van der Waals surface area contributed by atoms with Crippen LogP contribution in [0, 0.1) is 29.6 Å². The summed E-state index contributed by atoms with van der Waals surface area (Å²) in [6.07, 6.45) is 6.76. The monoisotopic (exact) mass is 264 g/mol. The highest BCUT2D eigenvalue weighted by Crippen LogP contribution is 2.58. The molecule has 4 aliphatic carbocycles. The Morgan fingerprint density at radius 2 is 1.63 bits per heavy atom. The first kappa shape index (κ1) is 13.4. The van der Waals surface area contributed by atoms with E-state index in [4.69, 9.17) is 5.73 Å². The first-order valence-electron chi connectivity index (χ1n) is 7.97. The SMILES string of the molecule is CCN(C)C(=O)C(C)(N)C1C2CC3CC(C2)CC1C3. The Kier molecular flexibility index (Phi) is 3.16. The van der Waals surface area contributed by atoms with E-state index in [1.807, 2.05) is 20.9 Å². The average Bonchev–Trinajstić information content (AvgIpc) is 2.35. The molecule has 0 aromatic heterocycles. The Labute approximate surface area is 116 Å². The Hall–Kier alpha value is -0.570. The van der Waals surface area contributed by atoms with Crippen molar-refractivity contribution < 1.29 is 4.79 Å². The molecule has 4 rings (SSSR count). The van der Waals surface area contributed by atoms with Gasteiger partial charge in [-0.1, -0.05) is 0 Å². The number of carbonyl (C=O) groups is 1. The molecule has 4 bridgehead atoms. The molecule has 3 heteroatoms. The molecule has 1 atom stereocenters. The summed E-state index contributed by atoms with van der Waals surface area (Å²) >= 11 is 0. The van der Waals surface area contributed by atoms with Crippen molar-refractivity contribution >= 4 is 5.91 Å². The van der Waals surface area contributed by atoms with Crippen molar-refractivity contribution in [3.8, 4) is 0 Å². The minimum atomic E-state index is -0.659. The van der Waals surface area contributed by atoms with Crippen molar-refractivity contribution in [1.82, 2.24) is 4.90 Å². The molecule has 0 aromatic rings. The van der Waals surface area contributed by atoms with Crippen molar-refractivity contribution in [3.05, 3.63) is 0 Å². The average molecular weight is 264 g/mol. The molecule has 1 unspecified atom stereocenters. The van der Waals surface area contributed by atoms with Crippen LogP contribution in [0.4, 0.5) is 0 Å². The van der Waals surface area contributed by atoms with Gasteiger partial charge in [0.05, 0.1) is 5.54 Å². The first-order chi connectivity index (χ1) is 8.93. The Morgan fingerprint density at radius 1 is 1.16 bits per heavy atom. The minimum absolute atomic E-state index is 0.146. The molecule has 0 heterocycles. The molecule has 2 N–H and O–H groups in total. The Balaban J connectivity index is 1.83. The van der Waals surface area contributed by atoms with Crippen molar-refractivity contribution in [1.29, 1.82) is 0 Å². The number of hydrogen-bond acceptors (Lipinski definition) is 2. The van der Waals surface area contributed by atoms with Crippen molar-refractivity contribution in [2.45, 2.75) is 51.5 Å². The third-order valence-corrected chi connectivity index (χ3v) is 6.20. The van der Waals surface area contributed by atoms with Crippen LogP contribution in [0.25, 0.3) is 0 Å². The third kappa shape index (κ3) is 2.01. The lowest BCUT2D eigenvalue weighted by molar-refractivity contribution is -0.145. The fourth-order valence-corrected chi connectivity index (χ4v) is 5.60. The lowest BCUT2D eigenvalue weighted by Gasteiger charge is -2.58. The predicted molar refractivity (Wildman–Crippen MR) is 76.4 cm³/mol. The molecule has 0 spiro atoms. The summed E-state index contributed by atoms with van der Waals surface area (Å²) in [4.78, 5) is 14.4. The second-order valence-corrected chi connectivity index (χ2v) is 7.56. The van der Waals surface area contributed by atoms with Crippen LogP contribution in [0.1, 0.15) is 46.0 Å². The standard InChI is InChI=1S/C16H28N2O/c1-4-18(3)15(19)16(2,17)14-12-6-10-5-11(8-12)9-13(14)7-10/h10-14H,4-9,17H2,1-3H3. The molecule has 1 amide bonds.